The first-order chi connectivity index (χ1) is 17.7. The topological polar surface area (TPSA) is 66.4 Å². The largest absolute Gasteiger partial charge is 0.381 e. The van der Waals surface area contributed by atoms with Gasteiger partial charge in [0.1, 0.15) is 11.7 Å². The monoisotopic (exact) mass is 528 g/mol. The number of benzene rings is 1. The molecule has 1 aromatic carbocycles. The van der Waals surface area contributed by atoms with Crippen molar-refractivity contribution < 1.29 is 13.6 Å². The molecule has 6 nitrogen and oxygen atoms in total. The third-order valence-electron chi connectivity index (χ3n) is 9.38. The van der Waals surface area contributed by atoms with Gasteiger partial charge in [-0.15, -0.1) is 0 Å². The lowest BCUT2D eigenvalue weighted by Gasteiger charge is -2.30. The van der Waals surface area contributed by atoms with Crippen LogP contribution in [-0.4, -0.2) is 41.6 Å². The van der Waals surface area contributed by atoms with Crippen LogP contribution >= 0.6 is 9.24 Å². The van der Waals surface area contributed by atoms with Crippen LogP contribution in [0.15, 0.2) is 35.3 Å². The quantitative estimate of drug-likeness (QED) is 0.517. The molecule has 4 unspecified atom stereocenters. The van der Waals surface area contributed by atoms with Crippen LogP contribution in [0.25, 0.3) is 0 Å². The van der Waals surface area contributed by atoms with Gasteiger partial charge in [-0.25, -0.2) is 8.78 Å². The van der Waals surface area contributed by atoms with Gasteiger partial charge < -0.3 is 20.1 Å². The molecule has 9 heteroatoms. The number of nitrogens with zero attached hydrogens (tertiary/aromatic N) is 2. The number of hydrogen-bond donors (Lipinski definition) is 2. The molecule has 1 aliphatic heterocycles. The van der Waals surface area contributed by atoms with Crippen molar-refractivity contribution in [2.24, 2.45) is 17.8 Å². The minimum atomic E-state index is -1.53. The number of piperidine rings is 1. The van der Waals surface area contributed by atoms with Crippen molar-refractivity contribution in [3.63, 3.8) is 0 Å². The van der Waals surface area contributed by atoms with E-state index in [4.69, 9.17) is 0 Å². The summed E-state index contributed by atoms with van der Waals surface area (Å²) in [7, 11) is 4.07. The maximum Gasteiger partial charge on any atom is 0.255 e. The molecule has 6 rings (SSSR count). The van der Waals surface area contributed by atoms with Gasteiger partial charge in [-0.2, -0.15) is 0 Å². The standard InChI is InChI=1S/C28H35F2N4O2P/c1-15(17-4-3-5-18(24(17)29)26(30)37)31-27(36)21-14-34(28-8-6-16(11-28)7-9-28)23(35)10-22(21)32-25-19-12-33(2)13-20(19)25/h3-5,10,14-16,19-20,25-26,32H,6-9,11-13,37H2,1-2H3,(H,31,36)/t15-,16?,19?,20?,25?,26?,28?/m1/s1. The number of amides is 1. The minimum absolute atomic E-state index is 0.0548. The van der Waals surface area contributed by atoms with E-state index in [2.05, 4.69) is 22.6 Å². The summed E-state index contributed by atoms with van der Waals surface area (Å²) in [5.74, 6) is -0.871. The van der Waals surface area contributed by atoms with Crippen molar-refractivity contribution in [3.8, 4) is 0 Å². The highest BCUT2D eigenvalue weighted by Gasteiger charge is 2.55. The number of alkyl halides is 1. The number of hydrogen-bond acceptors (Lipinski definition) is 4. The average Bonchev–Trinajstić information content (AvgIpc) is 3.27. The normalized spacial score (nSPS) is 31.7. The van der Waals surface area contributed by atoms with Crippen LogP contribution < -0.4 is 16.2 Å². The molecule has 4 fully saturated rings. The predicted octanol–water partition coefficient (Wildman–Crippen LogP) is 4.58. The Morgan fingerprint density at radius 1 is 1.19 bits per heavy atom. The van der Waals surface area contributed by atoms with Gasteiger partial charge in [-0.05, 0) is 63.8 Å². The van der Waals surface area contributed by atoms with E-state index in [1.54, 1.807) is 35.9 Å². The molecule has 1 aromatic heterocycles. The van der Waals surface area contributed by atoms with Gasteiger partial charge in [0, 0.05) is 48.1 Å². The molecule has 3 saturated carbocycles. The second kappa shape index (κ2) is 9.16. The van der Waals surface area contributed by atoms with Crippen molar-refractivity contribution in [1.82, 2.24) is 14.8 Å². The molecule has 2 aromatic rings. The van der Waals surface area contributed by atoms with Gasteiger partial charge in [-0.3, -0.25) is 9.59 Å². The molecule has 2 bridgehead atoms. The van der Waals surface area contributed by atoms with E-state index in [9.17, 15) is 14.0 Å². The summed E-state index contributed by atoms with van der Waals surface area (Å²) < 4.78 is 30.7. The number of anilines is 1. The highest BCUT2D eigenvalue weighted by atomic mass is 31.0. The van der Waals surface area contributed by atoms with E-state index in [1.807, 2.05) is 9.24 Å². The van der Waals surface area contributed by atoms with Crippen LogP contribution in [-0.2, 0) is 5.54 Å². The number of rotatable bonds is 7. The minimum Gasteiger partial charge on any atom is -0.381 e. The summed E-state index contributed by atoms with van der Waals surface area (Å²) in [5.41, 5.74) is 0.827. The first kappa shape index (κ1) is 25.0. The number of aromatic nitrogens is 1. The number of carbonyl (C=O) groups is 1. The fourth-order valence-corrected chi connectivity index (χ4v) is 7.56. The highest BCUT2D eigenvalue weighted by molar-refractivity contribution is 7.16. The third-order valence-corrected chi connectivity index (χ3v) is 9.74. The fraction of sp³-hybridized carbons (Fsp3) is 0.571. The third kappa shape index (κ3) is 4.30. The summed E-state index contributed by atoms with van der Waals surface area (Å²) in [4.78, 5) is 29.4. The molecule has 0 radical (unpaired) electrons. The molecule has 1 amide bonds. The van der Waals surface area contributed by atoms with E-state index in [0.29, 0.717) is 29.0 Å². The van der Waals surface area contributed by atoms with E-state index < -0.39 is 17.8 Å². The Labute approximate surface area is 218 Å². The molecule has 5 atom stereocenters. The van der Waals surface area contributed by atoms with Crippen LogP contribution in [0.1, 0.15) is 72.5 Å². The van der Waals surface area contributed by atoms with Crippen molar-refractivity contribution in [3.05, 3.63) is 63.3 Å². The zero-order chi connectivity index (χ0) is 26.1. The number of nitrogens with one attached hydrogen (secondary N) is 2. The number of carbonyl (C=O) groups excluding carboxylic acids is 1. The number of pyridine rings is 1. The van der Waals surface area contributed by atoms with E-state index in [0.717, 1.165) is 45.2 Å². The summed E-state index contributed by atoms with van der Waals surface area (Å²) in [6, 6.07) is 5.71. The Balaban J connectivity index is 1.32. The first-order valence-corrected chi connectivity index (χ1v) is 14.0. The summed E-state index contributed by atoms with van der Waals surface area (Å²) in [6.07, 6.45) is 6.86. The lowest BCUT2D eigenvalue weighted by Crippen LogP contribution is -2.39. The maximum absolute atomic E-state index is 15.0. The van der Waals surface area contributed by atoms with Gasteiger partial charge in [-0.1, -0.05) is 27.4 Å². The van der Waals surface area contributed by atoms with E-state index in [1.165, 1.54) is 6.07 Å². The molecule has 2 N–H and O–H groups in total. The molecule has 4 aliphatic rings. The van der Waals surface area contributed by atoms with Crippen molar-refractivity contribution in [2.75, 3.05) is 25.5 Å². The molecule has 2 heterocycles. The molecular weight excluding hydrogens is 493 g/mol. The van der Waals surface area contributed by atoms with Crippen LogP contribution in [0.4, 0.5) is 14.5 Å². The molecule has 3 aliphatic carbocycles. The lowest BCUT2D eigenvalue weighted by molar-refractivity contribution is 0.0938. The van der Waals surface area contributed by atoms with E-state index >= 15 is 4.39 Å². The first-order valence-electron chi connectivity index (χ1n) is 13.4. The second-order valence-corrected chi connectivity index (χ2v) is 12.3. The van der Waals surface area contributed by atoms with Gasteiger partial charge in [0.15, 0.2) is 0 Å². The fourth-order valence-electron chi connectivity index (χ4n) is 7.30. The van der Waals surface area contributed by atoms with Crippen LogP contribution in [0, 0.1) is 23.6 Å². The Hall–Kier alpha value is -2.31. The van der Waals surface area contributed by atoms with Gasteiger partial charge in [0.25, 0.3) is 11.5 Å². The van der Waals surface area contributed by atoms with Crippen LogP contribution in [0.3, 0.4) is 0 Å². The zero-order valence-corrected chi connectivity index (χ0v) is 22.5. The average molecular weight is 529 g/mol. The highest BCUT2D eigenvalue weighted by Crippen LogP contribution is 2.52. The number of halogens is 2. The SMILES string of the molecule is C[C@@H](NC(=O)c1cn(C23CCC(CC2)C3)c(=O)cc1NC1C2CN(C)CC21)c1cccc(C(F)P)c1F. The Bertz CT molecular complexity index is 1280. The molecule has 37 heavy (non-hydrogen) atoms. The molecule has 198 valence electrons. The smallest absolute Gasteiger partial charge is 0.255 e. The summed E-state index contributed by atoms with van der Waals surface area (Å²) in [6.45, 7) is 3.70. The summed E-state index contributed by atoms with van der Waals surface area (Å²) in [5, 5.41) is 6.43. The van der Waals surface area contributed by atoms with Crippen LogP contribution in [0.5, 0.6) is 0 Å². The predicted molar refractivity (Wildman–Crippen MR) is 143 cm³/mol. The number of fused-ring (bicyclic) bond motifs is 3. The van der Waals surface area contributed by atoms with Gasteiger partial charge in [0.05, 0.1) is 17.3 Å². The molecule has 0 spiro atoms. The summed E-state index contributed by atoms with van der Waals surface area (Å²) >= 11 is 0. The van der Waals surface area contributed by atoms with Crippen molar-refractivity contribution in [2.45, 2.75) is 62.6 Å². The van der Waals surface area contributed by atoms with Gasteiger partial charge in [0.2, 0.25) is 0 Å². The number of likely N-dealkylation sites (tertiary alicyclic amines) is 1. The van der Waals surface area contributed by atoms with Crippen molar-refractivity contribution >= 4 is 20.8 Å². The Morgan fingerprint density at radius 3 is 2.49 bits per heavy atom. The second-order valence-electron chi connectivity index (χ2n) is 11.7. The lowest BCUT2D eigenvalue weighted by atomic mass is 9.93. The zero-order valence-electron chi connectivity index (χ0n) is 21.3. The molecular formula is C28H35F2N4O2P. The Kier molecular flexibility index (Phi) is 6.19. The van der Waals surface area contributed by atoms with Gasteiger partial charge >= 0.3 is 0 Å². The maximum atomic E-state index is 15.0. The van der Waals surface area contributed by atoms with Crippen LogP contribution in [0.2, 0.25) is 0 Å². The molecule has 1 saturated heterocycles. The van der Waals surface area contributed by atoms with E-state index in [-0.39, 0.29) is 34.2 Å². The Morgan fingerprint density at radius 2 is 1.86 bits per heavy atom. The van der Waals surface area contributed by atoms with Crippen molar-refractivity contribution in [1.29, 1.82) is 0 Å².